The molecule has 2 atom stereocenters. The number of aliphatic hydroxyl groups is 1. The molecular formula is C18H23Cl2N3O3. The van der Waals surface area contributed by atoms with Crippen LogP contribution in [0, 0.1) is 0 Å². The first-order chi connectivity index (χ1) is 12.5. The van der Waals surface area contributed by atoms with E-state index in [4.69, 9.17) is 27.9 Å². The van der Waals surface area contributed by atoms with Crippen LogP contribution in [-0.2, 0) is 9.53 Å². The van der Waals surface area contributed by atoms with E-state index in [0.717, 1.165) is 28.8 Å². The van der Waals surface area contributed by atoms with E-state index < -0.39 is 0 Å². The monoisotopic (exact) mass is 399 g/mol. The molecule has 6 nitrogen and oxygen atoms in total. The van der Waals surface area contributed by atoms with Gasteiger partial charge in [-0.3, -0.25) is 4.79 Å². The predicted molar refractivity (Wildman–Crippen MR) is 105 cm³/mol. The third kappa shape index (κ3) is 3.39. The minimum atomic E-state index is -0.335. The first-order valence-electron chi connectivity index (χ1n) is 8.64. The van der Waals surface area contributed by atoms with Crippen LogP contribution in [0.3, 0.4) is 0 Å². The van der Waals surface area contributed by atoms with Crippen LogP contribution in [-0.4, -0.2) is 49.4 Å². The highest BCUT2D eigenvalue weighted by Gasteiger charge is 2.32. The van der Waals surface area contributed by atoms with Crippen LogP contribution >= 0.6 is 23.2 Å². The number of amides is 1. The Morgan fingerprint density at radius 3 is 2.88 bits per heavy atom. The van der Waals surface area contributed by atoms with Crippen LogP contribution in [0.1, 0.15) is 36.4 Å². The summed E-state index contributed by atoms with van der Waals surface area (Å²) in [5, 5.41) is 17.1. The molecule has 0 bridgehead atoms. The summed E-state index contributed by atoms with van der Waals surface area (Å²) < 4.78 is 5.23. The zero-order valence-electron chi connectivity index (χ0n) is 14.8. The number of ether oxygens (including phenoxy) is 1. The summed E-state index contributed by atoms with van der Waals surface area (Å²) in [5.41, 5.74) is 3.38. The molecule has 1 aromatic heterocycles. The second-order valence-corrected chi connectivity index (χ2v) is 7.30. The van der Waals surface area contributed by atoms with Gasteiger partial charge in [0.05, 0.1) is 28.1 Å². The van der Waals surface area contributed by atoms with Gasteiger partial charge >= 0.3 is 0 Å². The molecule has 0 saturated carbocycles. The average Bonchev–Trinajstić information content (AvgIpc) is 2.98. The minimum Gasteiger partial charge on any atom is -0.395 e. The van der Waals surface area contributed by atoms with Gasteiger partial charge in [-0.1, -0.05) is 23.2 Å². The van der Waals surface area contributed by atoms with E-state index in [1.165, 1.54) is 0 Å². The molecule has 4 N–H and O–H groups in total. The van der Waals surface area contributed by atoms with E-state index in [-0.39, 0.29) is 24.3 Å². The standard InChI is InChI=1S/C18H23Cl2N3O3/c1-9-13-14-12(21-4-5-24)7-11(19)15(20)17(14)23-16(13)10(3-6-26-2)8-22-18(9)25/h7,9-10,21,23-24H,3-6,8H2,1-2H3,(H,22,25)/t9-,10+/m0/s1. The highest BCUT2D eigenvalue weighted by molar-refractivity contribution is 6.45. The number of halogens is 2. The Morgan fingerprint density at radius 1 is 1.42 bits per heavy atom. The maximum atomic E-state index is 12.5. The van der Waals surface area contributed by atoms with Crippen LogP contribution in [0.15, 0.2) is 6.07 Å². The highest BCUT2D eigenvalue weighted by Crippen LogP contribution is 2.44. The van der Waals surface area contributed by atoms with Crippen molar-refractivity contribution in [3.05, 3.63) is 27.4 Å². The summed E-state index contributed by atoms with van der Waals surface area (Å²) in [6.45, 7) is 3.38. The van der Waals surface area contributed by atoms with Crippen molar-refractivity contribution in [1.82, 2.24) is 10.3 Å². The number of hydrogen-bond donors (Lipinski definition) is 4. The Hall–Kier alpha value is -1.47. The molecule has 0 aliphatic carbocycles. The van der Waals surface area contributed by atoms with Crippen LogP contribution in [0.4, 0.5) is 5.69 Å². The number of benzene rings is 1. The Morgan fingerprint density at radius 2 is 2.19 bits per heavy atom. The van der Waals surface area contributed by atoms with Crippen molar-refractivity contribution in [1.29, 1.82) is 0 Å². The van der Waals surface area contributed by atoms with Crippen LogP contribution < -0.4 is 10.6 Å². The van der Waals surface area contributed by atoms with Crippen molar-refractivity contribution >= 4 is 45.7 Å². The number of rotatable bonds is 6. The van der Waals surface area contributed by atoms with E-state index in [1.54, 1.807) is 13.2 Å². The number of hydrogen-bond acceptors (Lipinski definition) is 4. The van der Waals surface area contributed by atoms with Gasteiger partial charge in [0.15, 0.2) is 0 Å². The number of aromatic nitrogens is 1. The van der Waals surface area contributed by atoms with E-state index in [1.807, 2.05) is 6.92 Å². The summed E-state index contributed by atoms with van der Waals surface area (Å²) >= 11 is 12.8. The van der Waals surface area contributed by atoms with Gasteiger partial charge in [-0.05, 0) is 25.0 Å². The lowest BCUT2D eigenvalue weighted by Crippen LogP contribution is -2.28. The van der Waals surface area contributed by atoms with Gasteiger partial charge in [-0.2, -0.15) is 0 Å². The van der Waals surface area contributed by atoms with Gasteiger partial charge < -0.3 is 25.5 Å². The van der Waals surface area contributed by atoms with E-state index in [0.29, 0.717) is 35.3 Å². The van der Waals surface area contributed by atoms with Gasteiger partial charge in [0.1, 0.15) is 0 Å². The Bertz CT molecular complexity index is 822. The smallest absolute Gasteiger partial charge is 0.227 e. The molecule has 1 amide bonds. The third-order valence-electron chi connectivity index (χ3n) is 4.89. The molecule has 1 aliphatic heterocycles. The zero-order chi connectivity index (χ0) is 18.8. The number of anilines is 1. The number of aromatic amines is 1. The van der Waals surface area contributed by atoms with Gasteiger partial charge in [-0.15, -0.1) is 0 Å². The fourth-order valence-corrected chi connectivity index (χ4v) is 3.98. The lowest BCUT2D eigenvalue weighted by molar-refractivity contribution is -0.122. The van der Waals surface area contributed by atoms with Gasteiger partial charge in [0, 0.05) is 49.5 Å². The summed E-state index contributed by atoms with van der Waals surface area (Å²) in [5.74, 6) is -0.267. The molecule has 26 heavy (non-hydrogen) atoms. The molecule has 2 heterocycles. The topological polar surface area (TPSA) is 86.4 Å². The third-order valence-corrected chi connectivity index (χ3v) is 5.68. The number of carbonyl (C=O) groups is 1. The molecule has 0 saturated heterocycles. The first kappa shape index (κ1) is 19.3. The van der Waals surface area contributed by atoms with Crippen molar-refractivity contribution in [3.63, 3.8) is 0 Å². The highest BCUT2D eigenvalue weighted by atomic mass is 35.5. The van der Waals surface area contributed by atoms with Crippen LogP contribution in [0.25, 0.3) is 10.9 Å². The second kappa shape index (κ2) is 8.05. The molecule has 2 aromatic rings. The number of nitrogens with one attached hydrogen (secondary N) is 3. The molecule has 0 fully saturated rings. The summed E-state index contributed by atoms with van der Waals surface area (Å²) in [6, 6.07) is 1.75. The van der Waals surface area contributed by atoms with Crippen LogP contribution in [0.2, 0.25) is 10.0 Å². The van der Waals surface area contributed by atoms with E-state index >= 15 is 0 Å². The molecule has 3 rings (SSSR count). The fourth-order valence-electron chi connectivity index (χ4n) is 3.58. The Balaban J connectivity index is 2.25. The number of H-pyrrole nitrogens is 1. The van der Waals surface area contributed by atoms with Gasteiger partial charge in [0.2, 0.25) is 5.91 Å². The van der Waals surface area contributed by atoms with Gasteiger partial charge in [0.25, 0.3) is 0 Å². The molecule has 8 heteroatoms. The van der Waals surface area contributed by atoms with E-state index in [2.05, 4.69) is 15.6 Å². The molecule has 0 spiro atoms. The molecular weight excluding hydrogens is 377 g/mol. The predicted octanol–water partition coefficient (Wildman–Crippen LogP) is 3.23. The normalized spacial score (nSPS) is 20.0. The molecule has 0 unspecified atom stereocenters. The Labute approximate surface area is 162 Å². The number of methoxy groups -OCH3 is 1. The van der Waals surface area contributed by atoms with Gasteiger partial charge in [-0.25, -0.2) is 0 Å². The molecule has 1 aromatic carbocycles. The van der Waals surface area contributed by atoms with Crippen molar-refractivity contribution in [2.45, 2.75) is 25.2 Å². The molecule has 1 aliphatic rings. The summed E-state index contributed by atoms with van der Waals surface area (Å²) in [7, 11) is 1.66. The SMILES string of the molecule is COCC[C@@H]1CNC(=O)[C@@H](C)c2c1[nH]c1c(Cl)c(Cl)cc(NCCO)c21. The van der Waals surface area contributed by atoms with Crippen molar-refractivity contribution in [2.75, 3.05) is 38.7 Å². The zero-order valence-corrected chi connectivity index (χ0v) is 16.3. The van der Waals surface area contributed by atoms with Crippen molar-refractivity contribution < 1.29 is 14.6 Å². The van der Waals surface area contributed by atoms with E-state index in [9.17, 15) is 9.90 Å². The molecule has 0 radical (unpaired) electrons. The number of aliphatic hydroxyl groups excluding tert-OH is 1. The summed E-state index contributed by atoms with van der Waals surface area (Å²) in [4.78, 5) is 16.0. The maximum Gasteiger partial charge on any atom is 0.227 e. The Kier molecular flexibility index (Phi) is 5.97. The first-order valence-corrected chi connectivity index (χ1v) is 9.40. The largest absolute Gasteiger partial charge is 0.395 e. The fraction of sp³-hybridized carbons (Fsp3) is 0.500. The minimum absolute atomic E-state index is 0.0130. The second-order valence-electron chi connectivity index (χ2n) is 6.52. The number of carbonyl (C=O) groups excluding carboxylic acids is 1. The van der Waals surface area contributed by atoms with Crippen molar-refractivity contribution in [3.8, 4) is 0 Å². The average molecular weight is 400 g/mol. The lowest BCUT2D eigenvalue weighted by Gasteiger charge is -2.14. The maximum absolute atomic E-state index is 12.5. The number of fused-ring (bicyclic) bond motifs is 3. The lowest BCUT2D eigenvalue weighted by atomic mass is 9.91. The quantitative estimate of drug-likeness (QED) is 0.600. The molecule has 142 valence electrons. The van der Waals surface area contributed by atoms with Crippen LogP contribution in [0.5, 0.6) is 0 Å². The summed E-state index contributed by atoms with van der Waals surface area (Å²) in [6.07, 6.45) is 0.772. The van der Waals surface area contributed by atoms with Crippen molar-refractivity contribution in [2.24, 2.45) is 0 Å².